The lowest BCUT2D eigenvalue weighted by molar-refractivity contribution is 1.10. The Labute approximate surface area is 86.7 Å². The summed E-state index contributed by atoms with van der Waals surface area (Å²) in [5, 5.41) is 2.05. The van der Waals surface area contributed by atoms with Gasteiger partial charge in [0.1, 0.15) is 11.4 Å². The van der Waals surface area contributed by atoms with Gasteiger partial charge in [-0.3, -0.25) is 0 Å². The molecule has 72 valence electrons. The van der Waals surface area contributed by atoms with E-state index in [2.05, 4.69) is 16.9 Å². The summed E-state index contributed by atoms with van der Waals surface area (Å²) in [5.74, 6) is 1.00. The first-order chi connectivity index (χ1) is 6.81. The molecule has 1 heterocycles. The molecule has 0 aliphatic rings. The predicted octanol–water partition coefficient (Wildman–Crippen LogP) is 2.32. The number of fused-ring (bicyclic) bond motifs is 1. The first kappa shape index (κ1) is 9.27. The second-order valence-electron chi connectivity index (χ2n) is 2.89. The molecular formula is C10H11N3S. The van der Waals surface area contributed by atoms with Crippen molar-refractivity contribution < 1.29 is 0 Å². The monoisotopic (exact) mass is 205 g/mol. The normalized spacial score (nSPS) is 10.6. The quantitative estimate of drug-likeness (QED) is 0.464. The second-order valence-corrected chi connectivity index (χ2v) is 4.14. The molecule has 2 aromatic rings. The van der Waals surface area contributed by atoms with Crippen molar-refractivity contribution in [1.29, 1.82) is 0 Å². The Kier molecular flexibility index (Phi) is 2.54. The van der Waals surface area contributed by atoms with Gasteiger partial charge in [0, 0.05) is 11.1 Å². The number of hydrogen-bond acceptors (Lipinski definition) is 4. The number of anilines is 1. The van der Waals surface area contributed by atoms with Crippen LogP contribution in [0.3, 0.4) is 0 Å². The smallest absolute Gasteiger partial charge is 0.117 e. The van der Waals surface area contributed by atoms with Crippen molar-refractivity contribution in [2.75, 3.05) is 11.5 Å². The maximum atomic E-state index is 5.72. The van der Waals surface area contributed by atoms with Crippen molar-refractivity contribution in [2.24, 2.45) is 0 Å². The third-order valence-electron chi connectivity index (χ3n) is 1.90. The number of hydrogen-bond donors (Lipinski definition) is 1. The van der Waals surface area contributed by atoms with E-state index < -0.39 is 0 Å². The van der Waals surface area contributed by atoms with Gasteiger partial charge < -0.3 is 5.73 Å². The molecule has 4 heteroatoms. The van der Waals surface area contributed by atoms with E-state index in [1.54, 1.807) is 18.1 Å². The number of thioether (sulfide) groups is 1. The van der Waals surface area contributed by atoms with Crippen LogP contribution in [0.2, 0.25) is 0 Å². The largest absolute Gasteiger partial charge is 0.399 e. The molecule has 0 bridgehead atoms. The fraction of sp³-hybridized carbons (Fsp3) is 0.200. The Balaban J connectivity index is 2.64. The van der Waals surface area contributed by atoms with Crippen molar-refractivity contribution in [1.82, 2.24) is 9.97 Å². The van der Waals surface area contributed by atoms with Crippen molar-refractivity contribution in [3.63, 3.8) is 0 Å². The molecule has 0 atom stereocenters. The Morgan fingerprint density at radius 3 is 3.00 bits per heavy atom. The lowest BCUT2D eigenvalue weighted by atomic mass is 10.2. The number of nitrogen functional groups attached to an aromatic ring is 1. The molecule has 1 aromatic carbocycles. The van der Waals surface area contributed by atoms with Crippen LogP contribution in [0.4, 0.5) is 5.69 Å². The van der Waals surface area contributed by atoms with Gasteiger partial charge in [0.2, 0.25) is 0 Å². The molecule has 1 aromatic heterocycles. The van der Waals surface area contributed by atoms with Crippen LogP contribution < -0.4 is 5.73 Å². The van der Waals surface area contributed by atoms with Crippen LogP contribution in [0, 0.1) is 0 Å². The van der Waals surface area contributed by atoms with E-state index in [4.69, 9.17) is 5.73 Å². The van der Waals surface area contributed by atoms with Crippen LogP contribution in [-0.4, -0.2) is 15.7 Å². The molecular weight excluding hydrogens is 194 g/mol. The molecule has 0 saturated heterocycles. The highest BCUT2D eigenvalue weighted by atomic mass is 32.2. The van der Waals surface area contributed by atoms with Crippen LogP contribution in [0.5, 0.6) is 0 Å². The van der Waals surface area contributed by atoms with Gasteiger partial charge in [0.15, 0.2) is 0 Å². The summed E-state index contributed by atoms with van der Waals surface area (Å²) >= 11 is 1.71. The van der Waals surface area contributed by atoms with Crippen LogP contribution >= 0.6 is 11.8 Å². The molecule has 0 aliphatic carbocycles. The van der Waals surface area contributed by atoms with Crippen LogP contribution in [0.15, 0.2) is 29.6 Å². The standard InChI is InChI=1S/C10H11N3S/c1-2-14-10-8-5-7(11)3-4-9(8)12-6-13-10/h3-6H,2,11H2,1H3. The Bertz CT molecular complexity index is 456. The molecule has 0 aliphatic heterocycles. The summed E-state index contributed by atoms with van der Waals surface area (Å²) in [4.78, 5) is 8.42. The molecule has 0 spiro atoms. The Morgan fingerprint density at radius 2 is 2.21 bits per heavy atom. The van der Waals surface area contributed by atoms with Gasteiger partial charge >= 0.3 is 0 Å². The summed E-state index contributed by atoms with van der Waals surface area (Å²) in [6, 6.07) is 5.70. The zero-order chi connectivity index (χ0) is 9.97. The number of nitrogens with two attached hydrogens (primary N) is 1. The van der Waals surface area contributed by atoms with E-state index in [9.17, 15) is 0 Å². The zero-order valence-corrected chi connectivity index (χ0v) is 8.71. The minimum atomic E-state index is 0.755. The molecule has 0 fully saturated rings. The number of aromatic nitrogens is 2. The van der Waals surface area contributed by atoms with Gasteiger partial charge in [-0.2, -0.15) is 0 Å². The third kappa shape index (κ3) is 1.65. The van der Waals surface area contributed by atoms with Crippen molar-refractivity contribution in [3.8, 4) is 0 Å². The zero-order valence-electron chi connectivity index (χ0n) is 7.90. The molecule has 0 saturated carbocycles. The van der Waals surface area contributed by atoms with Gasteiger partial charge in [-0.15, -0.1) is 11.8 Å². The maximum Gasteiger partial charge on any atom is 0.117 e. The minimum absolute atomic E-state index is 0.755. The predicted molar refractivity (Wildman–Crippen MR) is 60.3 cm³/mol. The van der Waals surface area contributed by atoms with E-state index in [1.807, 2.05) is 18.2 Å². The summed E-state index contributed by atoms with van der Waals surface area (Å²) in [7, 11) is 0. The average molecular weight is 205 g/mol. The highest BCUT2D eigenvalue weighted by Gasteiger charge is 2.02. The SMILES string of the molecule is CCSc1ncnc2ccc(N)cc12. The van der Waals surface area contributed by atoms with Gasteiger partial charge in [0.05, 0.1) is 5.52 Å². The van der Waals surface area contributed by atoms with Crippen molar-refractivity contribution in [2.45, 2.75) is 11.9 Å². The van der Waals surface area contributed by atoms with Crippen LogP contribution in [-0.2, 0) is 0 Å². The summed E-state index contributed by atoms with van der Waals surface area (Å²) < 4.78 is 0. The number of rotatable bonds is 2. The summed E-state index contributed by atoms with van der Waals surface area (Å²) in [6.45, 7) is 2.10. The van der Waals surface area contributed by atoms with E-state index in [0.717, 1.165) is 27.4 Å². The fourth-order valence-electron chi connectivity index (χ4n) is 1.30. The molecule has 2 N–H and O–H groups in total. The lowest BCUT2D eigenvalue weighted by Gasteiger charge is -2.03. The average Bonchev–Trinajstić information content (AvgIpc) is 2.19. The van der Waals surface area contributed by atoms with Crippen molar-refractivity contribution in [3.05, 3.63) is 24.5 Å². The first-order valence-electron chi connectivity index (χ1n) is 4.44. The highest BCUT2D eigenvalue weighted by Crippen LogP contribution is 2.25. The topological polar surface area (TPSA) is 51.8 Å². The Hall–Kier alpha value is -1.29. The Morgan fingerprint density at radius 1 is 1.36 bits per heavy atom. The fourth-order valence-corrected chi connectivity index (χ4v) is 2.02. The van der Waals surface area contributed by atoms with E-state index in [1.165, 1.54) is 0 Å². The van der Waals surface area contributed by atoms with E-state index >= 15 is 0 Å². The third-order valence-corrected chi connectivity index (χ3v) is 2.79. The summed E-state index contributed by atoms with van der Waals surface area (Å²) in [6.07, 6.45) is 1.59. The first-order valence-corrected chi connectivity index (χ1v) is 5.43. The van der Waals surface area contributed by atoms with Gasteiger partial charge in [0.25, 0.3) is 0 Å². The number of nitrogens with zero attached hydrogens (tertiary/aromatic N) is 2. The van der Waals surface area contributed by atoms with Crippen LogP contribution in [0.25, 0.3) is 10.9 Å². The van der Waals surface area contributed by atoms with E-state index in [0.29, 0.717) is 0 Å². The van der Waals surface area contributed by atoms with Gasteiger partial charge in [-0.25, -0.2) is 9.97 Å². The molecule has 14 heavy (non-hydrogen) atoms. The molecule has 0 amide bonds. The molecule has 3 nitrogen and oxygen atoms in total. The molecule has 2 rings (SSSR count). The van der Waals surface area contributed by atoms with Gasteiger partial charge in [-0.05, 0) is 24.0 Å². The van der Waals surface area contributed by atoms with Crippen molar-refractivity contribution >= 4 is 28.4 Å². The van der Waals surface area contributed by atoms with Crippen LogP contribution in [0.1, 0.15) is 6.92 Å². The number of benzene rings is 1. The van der Waals surface area contributed by atoms with Gasteiger partial charge in [-0.1, -0.05) is 6.92 Å². The summed E-state index contributed by atoms with van der Waals surface area (Å²) in [5.41, 5.74) is 7.43. The maximum absolute atomic E-state index is 5.72. The minimum Gasteiger partial charge on any atom is -0.399 e. The van der Waals surface area contributed by atoms with E-state index in [-0.39, 0.29) is 0 Å². The second kappa shape index (κ2) is 3.84. The molecule has 0 radical (unpaired) electrons. The lowest BCUT2D eigenvalue weighted by Crippen LogP contribution is -1.90. The highest BCUT2D eigenvalue weighted by molar-refractivity contribution is 7.99. The molecule has 0 unspecified atom stereocenters.